The van der Waals surface area contributed by atoms with Gasteiger partial charge >= 0.3 is 0 Å². The summed E-state index contributed by atoms with van der Waals surface area (Å²) in [7, 11) is 0. The van der Waals surface area contributed by atoms with Gasteiger partial charge in [-0.25, -0.2) is 0 Å². The van der Waals surface area contributed by atoms with Crippen molar-refractivity contribution in [3.05, 3.63) is 22.4 Å². The number of hydrogen-bond acceptors (Lipinski definition) is 2. The lowest BCUT2D eigenvalue weighted by atomic mass is 9.69. The Bertz CT molecular complexity index is 359. The molecule has 0 aromatic carbocycles. The first-order chi connectivity index (χ1) is 8.83. The van der Waals surface area contributed by atoms with Gasteiger partial charge in [0.05, 0.1) is 0 Å². The van der Waals surface area contributed by atoms with Gasteiger partial charge in [0.1, 0.15) is 0 Å². The minimum Gasteiger partial charge on any atom is -0.307 e. The van der Waals surface area contributed by atoms with Crippen LogP contribution in [0.1, 0.15) is 63.5 Å². The zero-order valence-electron chi connectivity index (χ0n) is 11.4. The van der Waals surface area contributed by atoms with Crippen molar-refractivity contribution in [2.75, 3.05) is 0 Å². The van der Waals surface area contributed by atoms with Crippen LogP contribution in [0.15, 0.2) is 16.8 Å². The summed E-state index contributed by atoms with van der Waals surface area (Å²) in [5.74, 6) is 2.09. The van der Waals surface area contributed by atoms with Crippen LogP contribution >= 0.6 is 11.3 Å². The smallest absolute Gasteiger partial charge is 0.0302 e. The molecule has 0 spiro atoms. The predicted molar refractivity (Wildman–Crippen MR) is 79.0 cm³/mol. The van der Waals surface area contributed by atoms with Crippen molar-refractivity contribution in [1.29, 1.82) is 0 Å². The minimum atomic E-state index is 0.529. The average molecular weight is 263 g/mol. The molecule has 2 heteroatoms. The Labute approximate surface area is 115 Å². The molecule has 3 rings (SSSR count). The van der Waals surface area contributed by atoms with Gasteiger partial charge in [-0.05, 0) is 60.4 Å². The van der Waals surface area contributed by atoms with Gasteiger partial charge in [0.2, 0.25) is 0 Å². The maximum absolute atomic E-state index is 3.86. The lowest BCUT2D eigenvalue weighted by molar-refractivity contribution is 0.139. The van der Waals surface area contributed by atoms with Crippen molar-refractivity contribution < 1.29 is 0 Å². The molecule has 0 amide bonds. The molecule has 0 bridgehead atoms. The number of thiophene rings is 1. The normalized spacial score (nSPS) is 33.9. The summed E-state index contributed by atoms with van der Waals surface area (Å²) in [6, 6.07) is 3.55. The van der Waals surface area contributed by atoms with E-state index in [1.54, 1.807) is 0 Å². The molecular formula is C16H25NS. The molecule has 1 heterocycles. The fourth-order valence-electron chi connectivity index (χ4n) is 4.00. The molecule has 2 saturated carbocycles. The van der Waals surface area contributed by atoms with Gasteiger partial charge in [-0.3, -0.25) is 0 Å². The molecule has 100 valence electrons. The Hall–Kier alpha value is -0.340. The Morgan fingerprint density at radius 1 is 1.17 bits per heavy atom. The Morgan fingerprint density at radius 2 is 2.00 bits per heavy atom. The molecule has 1 nitrogen and oxygen atoms in total. The first kappa shape index (κ1) is 12.7. The van der Waals surface area contributed by atoms with Crippen molar-refractivity contribution in [2.24, 2.45) is 11.8 Å². The van der Waals surface area contributed by atoms with E-state index in [4.69, 9.17) is 0 Å². The first-order valence-corrected chi connectivity index (χ1v) is 8.55. The summed E-state index contributed by atoms with van der Waals surface area (Å²) in [5, 5.41) is 8.33. The molecule has 18 heavy (non-hydrogen) atoms. The highest BCUT2D eigenvalue weighted by Crippen LogP contribution is 2.40. The van der Waals surface area contributed by atoms with Crippen LogP contribution in [0.3, 0.4) is 0 Å². The van der Waals surface area contributed by atoms with Crippen LogP contribution in [0.4, 0.5) is 0 Å². The summed E-state index contributed by atoms with van der Waals surface area (Å²) >= 11 is 1.81. The number of rotatable bonds is 3. The van der Waals surface area contributed by atoms with Crippen LogP contribution in [0, 0.1) is 11.8 Å². The van der Waals surface area contributed by atoms with E-state index in [0.717, 1.165) is 17.9 Å². The van der Waals surface area contributed by atoms with Crippen LogP contribution in [-0.4, -0.2) is 6.04 Å². The third kappa shape index (κ3) is 2.80. The van der Waals surface area contributed by atoms with Gasteiger partial charge in [-0.15, -0.1) is 0 Å². The van der Waals surface area contributed by atoms with Crippen molar-refractivity contribution >= 4 is 11.3 Å². The Kier molecular flexibility index (Phi) is 4.05. The largest absolute Gasteiger partial charge is 0.307 e. The molecule has 4 unspecified atom stereocenters. The molecule has 2 aliphatic rings. The summed E-state index contributed by atoms with van der Waals surface area (Å²) in [6.45, 7) is 2.31. The molecule has 0 aliphatic heterocycles. The lowest BCUT2D eigenvalue weighted by Crippen LogP contribution is -2.39. The van der Waals surface area contributed by atoms with Crippen LogP contribution < -0.4 is 5.32 Å². The maximum Gasteiger partial charge on any atom is 0.0302 e. The van der Waals surface area contributed by atoms with Crippen molar-refractivity contribution in [1.82, 2.24) is 5.32 Å². The highest BCUT2D eigenvalue weighted by molar-refractivity contribution is 7.07. The molecule has 4 atom stereocenters. The summed E-state index contributed by atoms with van der Waals surface area (Å²) in [6.07, 6.45) is 10.3. The molecular weight excluding hydrogens is 238 g/mol. The van der Waals surface area contributed by atoms with Crippen molar-refractivity contribution in [3.63, 3.8) is 0 Å². The second kappa shape index (κ2) is 5.75. The highest BCUT2D eigenvalue weighted by atomic mass is 32.1. The van der Waals surface area contributed by atoms with Crippen LogP contribution in [-0.2, 0) is 0 Å². The SMILES string of the molecule is CC(NC1CCC2CCCCC2C1)c1ccsc1. The zero-order chi connectivity index (χ0) is 12.4. The van der Waals surface area contributed by atoms with E-state index in [9.17, 15) is 0 Å². The fraction of sp³-hybridized carbons (Fsp3) is 0.750. The Morgan fingerprint density at radius 3 is 2.78 bits per heavy atom. The molecule has 2 aliphatic carbocycles. The first-order valence-electron chi connectivity index (χ1n) is 7.61. The topological polar surface area (TPSA) is 12.0 Å². The van der Waals surface area contributed by atoms with Gasteiger partial charge in [0.25, 0.3) is 0 Å². The van der Waals surface area contributed by atoms with Gasteiger partial charge in [-0.1, -0.05) is 25.7 Å². The molecule has 0 radical (unpaired) electrons. The van der Waals surface area contributed by atoms with E-state index < -0.39 is 0 Å². The number of hydrogen-bond donors (Lipinski definition) is 1. The average Bonchev–Trinajstić information content (AvgIpc) is 2.92. The van der Waals surface area contributed by atoms with Gasteiger partial charge in [-0.2, -0.15) is 11.3 Å². The molecule has 0 saturated heterocycles. The molecule has 1 aromatic rings. The standard InChI is InChI=1S/C16H25NS/c1-12(15-8-9-18-11-15)17-16-7-6-13-4-2-3-5-14(13)10-16/h8-9,11-14,16-17H,2-7,10H2,1H3. The van der Waals surface area contributed by atoms with Gasteiger partial charge in [0.15, 0.2) is 0 Å². The number of nitrogens with one attached hydrogen (secondary N) is 1. The van der Waals surface area contributed by atoms with Gasteiger partial charge in [0, 0.05) is 12.1 Å². The van der Waals surface area contributed by atoms with E-state index in [-0.39, 0.29) is 0 Å². The Balaban J connectivity index is 1.54. The highest BCUT2D eigenvalue weighted by Gasteiger charge is 2.32. The van der Waals surface area contributed by atoms with Crippen molar-refractivity contribution in [3.8, 4) is 0 Å². The third-order valence-electron chi connectivity index (χ3n) is 5.07. The second-order valence-corrected chi connectivity index (χ2v) is 7.04. The fourth-order valence-corrected chi connectivity index (χ4v) is 4.75. The molecule has 1 N–H and O–H groups in total. The summed E-state index contributed by atoms with van der Waals surface area (Å²) < 4.78 is 0. The van der Waals surface area contributed by atoms with Crippen LogP contribution in [0.2, 0.25) is 0 Å². The van der Waals surface area contributed by atoms with E-state index >= 15 is 0 Å². The van der Waals surface area contributed by atoms with Crippen molar-refractivity contribution in [2.45, 2.75) is 64.0 Å². The summed E-state index contributed by atoms with van der Waals surface area (Å²) in [5.41, 5.74) is 1.46. The monoisotopic (exact) mass is 263 g/mol. The van der Waals surface area contributed by atoms with Gasteiger partial charge < -0.3 is 5.32 Å². The second-order valence-electron chi connectivity index (χ2n) is 6.26. The van der Waals surface area contributed by atoms with E-state index in [2.05, 4.69) is 29.1 Å². The van der Waals surface area contributed by atoms with Crippen LogP contribution in [0.5, 0.6) is 0 Å². The number of fused-ring (bicyclic) bond motifs is 1. The van der Waals surface area contributed by atoms with E-state index in [0.29, 0.717) is 6.04 Å². The molecule has 2 fully saturated rings. The zero-order valence-corrected chi connectivity index (χ0v) is 12.2. The lowest BCUT2D eigenvalue weighted by Gasteiger charge is -2.40. The quantitative estimate of drug-likeness (QED) is 0.829. The van der Waals surface area contributed by atoms with E-state index in [1.807, 2.05) is 11.3 Å². The van der Waals surface area contributed by atoms with E-state index in [1.165, 1.54) is 50.5 Å². The van der Waals surface area contributed by atoms with Crippen LogP contribution in [0.25, 0.3) is 0 Å². The third-order valence-corrected chi connectivity index (χ3v) is 5.77. The maximum atomic E-state index is 3.86. The predicted octanol–water partition coefficient (Wildman–Crippen LogP) is 4.76. The summed E-state index contributed by atoms with van der Waals surface area (Å²) in [4.78, 5) is 0. The molecule has 1 aromatic heterocycles. The minimum absolute atomic E-state index is 0.529.